The van der Waals surface area contributed by atoms with Crippen LogP contribution in [-0.4, -0.2) is 40.2 Å². The smallest absolute Gasteiger partial charge is 0.407 e. The fourth-order valence-corrected chi connectivity index (χ4v) is 2.29. The highest BCUT2D eigenvalue weighted by molar-refractivity contribution is 7.89. The summed E-state index contributed by atoms with van der Waals surface area (Å²) in [4.78, 5) is 11.6. The first-order valence-corrected chi connectivity index (χ1v) is 8.37. The van der Waals surface area contributed by atoms with Gasteiger partial charge in [0.05, 0.1) is 4.90 Å². The van der Waals surface area contributed by atoms with Crippen molar-refractivity contribution in [1.29, 1.82) is 0 Å². The van der Waals surface area contributed by atoms with Gasteiger partial charge in [-0.2, -0.15) is 0 Å². The zero-order valence-electron chi connectivity index (χ0n) is 13.3. The number of alkyl carbamates (subject to hydrolysis) is 1. The number of hydrogen-bond donors (Lipinski definition) is 3. The van der Waals surface area contributed by atoms with Gasteiger partial charge in [0.1, 0.15) is 5.60 Å². The normalized spacial score (nSPS) is 11.8. The Bertz CT molecular complexity index is 592. The van der Waals surface area contributed by atoms with Crippen molar-refractivity contribution in [2.24, 2.45) is 0 Å². The minimum absolute atomic E-state index is 0.201. The minimum atomic E-state index is -3.42. The van der Waals surface area contributed by atoms with Gasteiger partial charge < -0.3 is 15.4 Å². The SMILES string of the molecule is CNS(=O)(=O)c1ccc(NCCNC(=O)OC(C)(C)C)cc1. The summed E-state index contributed by atoms with van der Waals surface area (Å²) in [7, 11) is -2.06. The zero-order valence-corrected chi connectivity index (χ0v) is 14.1. The second-order valence-electron chi connectivity index (χ2n) is 5.59. The minimum Gasteiger partial charge on any atom is -0.444 e. The molecule has 0 atom stereocenters. The molecule has 8 heteroatoms. The summed E-state index contributed by atoms with van der Waals surface area (Å²) < 4.78 is 30.5. The molecule has 0 fully saturated rings. The summed E-state index contributed by atoms with van der Waals surface area (Å²) in [5, 5.41) is 5.70. The third-order valence-electron chi connectivity index (χ3n) is 2.56. The van der Waals surface area contributed by atoms with Crippen molar-refractivity contribution in [3.8, 4) is 0 Å². The Balaban J connectivity index is 2.39. The van der Waals surface area contributed by atoms with Crippen molar-refractivity contribution in [3.63, 3.8) is 0 Å². The van der Waals surface area contributed by atoms with Gasteiger partial charge in [-0.05, 0) is 52.1 Å². The van der Waals surface area contributed by atoms with E-state index in [0.717, 1.165) is 5.69 Å². The monoisotopic (exact) mass is 329 g/mol. The molecule has 0 bridgehead atoms. The van der Waals surface area contributed by atoms with Crippen molar-refractivity contribution in [3.05, 3.63) is 24.3 Å². The van der Waals surface area contributed by atoms with E-state index in [1.807, 2.05) is 0 Å². The number of sulfonamides is 1. The van der Waals surface area contributed by atoms with Gasteiger partial charge in [-0.3, -0.25) is 0 Å². The largest absolute Gasteiger partial charge is 0.444 e. The summed E-state index contributed by atoms with van der Waals surface area (Å²) in [6, 6.07) is 6.35. The van der Waals surface area contributed by atoms with Crippen LogP contribution < -0.4 is 15.4 Å². The molecule has 0 radical (unpaired) electrons. The van der Waals surface area contributed by atoms with E-state index in [9.17, 15) is 13.2 Å². The maximum Gasteiger partial charge on any atom is 0.407 e. The molecule has 0 spiro atoms. The molecular weight excluding hydrogens is 306 g/mol. The van der Waals surface area contributed by atoms with E-state index in [4.69, 9.17) is 4.74 Å². The van der Waals surface area contributed by atoms with Gasteiger partial charge in [-0.15, -0.1) is 0 Å². The highest BCUT2D eigenvalue weighted by atomic mass is 32.2. The first-order chi connectivity index (χ1) is 10.1. The Hall–Kier alpha value is -1.80. The maximum absolute atomic E-state index is 11.6. The van der Waals surface area contributed by atoms with Gasteiger partial charge >= 0.3 is 6.09 Å². The van der Waals surface area contributed by atoms with Gasteiger partial charge in [0.25, 0.3) is 0 Å². The molecular formula is C14H23N3O4S. The Labute approximate surface area is 131 Å². The number of ether oxygens (including phenoxy) is 1. The standard InChI is InChI=1S/C14H23N3O4S/c1-14(2,3)21-13(18)17-10-9-16-11-5-7-12(8-6-11)22(19,20)15-4/h5-8,15-16H,9-10H2,1-4H3,(H,17,18). The molecule has 7 nitrogen and oxygen atoms in total. The zero-order chi connectivity index (χ0) is 16.8. The van der Waals surface area contributed by atoms with E-state index in [1.165, 1.54) is 19.2 Å². The van der Waals surface area contributed by atoms with Crippen LogP contribution in [0.3, 0.4) is 0 Å². The molecule has 0 saturated heterocycles. The third-order valence-corrected chi connectivity index (χ3v) is 3.99. The number of carbonyl (C=O) groups excluding carboxylic acids is 1. The lowest BCUT2D eigenvalue weighted by molar-refractivity contribution is 0.0530. The van der Waals surface area contributed by atoms with Crippen molar-refractivity contribution < 1.29 is 17.9 Å². The first-order valence-electron chi connectivity index (χ1n) is 6.88. The van der Waals surface area contributed by atoms with E-state index in [-0.39, 0.29) is 4.90 Å². The van der Waals surface area contributed by atoms with Crippen molar-refractivity contribution >= 4 is 21.8 Å². The molecule has 124 valence electrons. The maximum atomic E-state index is 11.6. The van der Waals surface area contributed by atoms with Crippen molar-refractivity contribution in [2.45, 2.75) is 31.3 Å². The van der Waals surface area contributed by atoms with Crippen LogP contribution in [0.25, 0.3) is 0 Å². The van der Waals surface area contributed by atoms with Crippen LogP contribution in [-0.2, 0) is 14.8 Å². The quantitative estimate of drug-likeness (QED) is 0.688. The van der Waals surface area contributed by atoms with E-state index >= 15 is 0 Å². The van der Waals surface area contributed by atoms with Crippen LogP contribution in [0.1, 0.15) is 20.8 Å². The Morgan fingerprint density at radius 2 is 1.73 bits per heavy atom. The van der Waals surface area contributed by atoms with E-state index < -0.39 is 21.7 Å². The molecule has 0 saturated carbocycles. The molecule has 0 unspecified atom stereocenters. The molecule has 1 amide bonds. The van der Waals surface area contributed by atoms with Crippen molar-refractivity contribution in [2.75, 3.05) is 25.5 Å². The van der Waals surface area contributed by atoms with E-state index in [0.29, 0.717) is 13.1 Å². The van der Waals surface area contributed by atoms with E-state index in [1.54, 1.807) is 32.9 Å². The number of benzene rings is 1. The first kappa shape index (κ1) is 18.2. The lowest BCUT2D eigenvalue weighted by atomic mass is 10.2. The molecule has 0 aliphatic heterocycles. The Morgan fingerprint density at radius 1 is 1.14 bits per heavy atom. The topological polar surface area (TPSA) is 96.5 Å². The Kier molecular flexibility index (Phi) is 6.19. The summed E-state index contributed by atoms with van der Waals surface area (Å²) in [5.41, 5.74) is 0.243. The number of anilines is 1. The van der Waals surface area contributed by atoms with E-state index in [2.05, 4.69) is 15.4 Å². The van der Waals surface area contributed by atoms with Gasteiger partial charge in [-0.25, -0.2) is 17.9 Å². The number of nitrogens with one attached hydrogen (secondary N) is 3. The Morgan fingerprint density at radius 3 is 2.23 bits per heavy atom. The predicted molar refractivity (Wildman–Crippen MR) is 85.4 cm³/mol. The lowest BCUT2D eigenvalue weighted by Crippen LogP contribution is -2.34. The van der Waals surface area contributed by atoms with Gasteiger partial charge in [0.2, 0.25) is 10.0 Å². The number of rotatable bonds is 6. The third kappa shape index (κ3) is 6.31. The molecule has 1 rings (SSSR count). The summed E-state index contributed by atoms with van der Waals surface area (Å²) in [6.07, 6.45) is -0.468. The van der Waals surface area contributed by atoms with Crippen LogP contribution in [0.4, 0.5) is 10.5 Å². The molecule has 0 aromatic heterocycles. The van der Waals surface area contributed by atoms with Crippen LogP contribution in [0.2, 0.25) is 0 Å². The summed E-state index contributed by atoms with van der Waals surface area (Å²) in [5.74, 6) is 0. The van der Waals surface area contributed by atoms with Gasteiger partial charge in [0.15, 0.2) is 0 Å². The van der Waals surface area contributed by atoms with Gasteiger partial charge in [-0.1, -0.05) is 0 Å². The van der Waals surface area contributed by atoms with Crippen LogP contribution in [0.5, 0.6) is 0 Å². The van der Waals surface area contributed by atoms with Crippen LogP contribution >= 0.6 is 0 Å². The average molecular weight is 329 g/mol. The number of amides is 1. The fraction of sp³-hybridized carbons (Fsp3) is 0.500. The number of hydrogen-bond acceptors (Lipinski definition) is 5. The molecule has 3 N–H and O–H groups in total. The van der Waals surface area contributed by atoms with Gasteiger partial charge in [0, 0.05) is 18.8 Å². The molecule has 1 aromatic rings. The lowest BCUT2D eigenvalue weighted by Gasteiger charge is -2.19. The highest BCUT2D eigenvalue weighted by Crippen LogP contribution is 2.13. The molecule has 0 aliphatic rings. The van der Waals surface area contributed by atoms with Crippen LogP contribution in [0, 0.1) is 0 Å². The number of carbonyl (C=O) groups is 1. The molecule has 1 aromatic carbocycles. The average Bonchev–Trinajstić information content (AvgIpc) is 2.42. The summed E-state index contributed by atoms with van der Waals surface area (Å²) in [6.45, 7) is 6.28. The highest BCUT2D eigenvalue weighted by Gasteiger charge is 2.15. The second-order valence-corrected chi connectivity index (χ2v) is 7.47. The molecule has 22 heavy (non-hydrogen) atoms. The second kappa shape index (κ2) is 7.46. The summed E-state index contributed by atoms with van der Waals surface area (Å²) >= 11 is 0. The molecule has 0 heterocycles. The molecule has 0 aliphatic carbocycles. The predicted octanol–water partition coefficient (Wildman–Crippen LogP) is 1.53. The van der Waals surface area contributed by atoms with Crippen molar-refractivity contribution in [1.82, 2.24) is 10.0 Å². The fourth-order valence-electron chi connectivity index (χ4n) is 1.56. The van der Waals surface area contributed by atoms with Crippen LogP contribution in [0.15, 0.2) is 29.2 Å².